The Morgan fingerprint density at radius 3 is 2.67 bits per heavy atom. The van der Waals surface area contributed by atoms with Crippen LogP contribution in [0.2, 0.25) is 0 Å². The summed E-state index contributed by atoms with van der Waals surface area (Å²) in [7, 11) is 0. The molecule has 0 fully saturated rings. The highest BCUT2D eigenvalue weighted by molar-refractivity contribution is 9.10. The smallest absolute Gasteiger partial charge is 0.149 e. The predicted molar refractivity (Wildman–Crippen MR) is 71.7 cm³/mol. The summed E-state index contributed by atoms with van der Waals surface area (Å²) in [5, 5.41) is 3.20. The van der Waals surface area contributed by atoms with Crippen molar-refractivity contribution >= 4 is 15.9 Å². The first-order valence-corrected chi connectivity index (χ1v) is 6.47. The number of hydrogen-bond acceptors (Lipinski definition) is 3. The lowest BCUT2D eigenvalue weighted by molar-refractivity contribution is 0.539. The van der Waals surface area contributed by atoms with E-state index >= 15 is 0 Å². The van der Waals surface area contributed by atoms with E-state index in [2.05, 4.69) is 31.2 Å². The molecule has 0 aliphatic heterocycles. The van der Waals surface area contributed by atoms with Crippen LogP contribution in [0.15, 0.2) is 41.1 Å². The summed E-state index contributed by atoms with van der Waals surface area (Å²) in [6.45, 7) is 2.67. The first kappa shape index (κ1) is 13.1. The molecular weight excluding hydrogens is 297 g/mol. The van der Waals surface area contributed by atoms with E-state index in [1.165, 1.54) is 0 Å². The molecule has 0 spiro atoms. The third-order valence-corrected chi connectivity index (χ3v) is 3.16. The fourth-order valence-corrected chi connectivity index (χ4v) is 2.13. The Bertz CT molecular complexity index is 519. The van der Waals surface area contributed by atoms with Gasteiger partial charge in [-0.2, -0.15) is 0 Å². The topological polar surface area (TPSA) is 37.8 Å². The lowest BCUT2D eigenvalue weighted by Gasteiger charge is -2.17. The molecule has 94 valence electrons. The summed E-state index contributed by atoms with van der Waals surface area (Å²) in [6, 6.07) is 6.62. The molecule has 1 unspecified atom stereocenters. The number of hydrogen-bond donors (Lipinski definition) is 1. The van der Waals surface area contributed by atoms with Crippen molar-refractivity contribution in [3.05, 3.63) is 58.3 Å². The minimum Gasteiger partial charge on any atom is -0.304 e. The zero-order valence-corrected chi connectivity index (χ0v) is 11.5. The molecule has 0 radical (unpaired) electrons. The van der Waals surface area contributed by atoms with Crippen molar-refractivity contribution in [2.24, 2.45) is 0 Å². The second-order valence-electron chi connectivity index (χ2n) is 3.74. The van der Waals surface area contributed by atoms with Gasteiger partial charge in [0.05, 0.1) is 10.5 Å². The van der Waals surface area contributed by atoms with Gasteiger partial charge in [0.25, 0.3) is 0 Å². The van der Waals surface area contributed by atoms with Gasteiger partial charge in [0.1, 0.15) is 11.6 Å². The number of nitrogens with zero attached hydrogens (tertiary/aromatic N) is 2. The van der Waals surface area contributed by atoms with Gasteiger partial charge in [-0.05, 0) is 34.6 Å². The molecule has 1 atom stereocenters. The summed E-state index contributed by atoms with van der Waals surface area (Å²) in [4.78, 5) is 8.38. The Kier molecular flexibility index (Phi) is 4.38. The molecule has 0 aliphatic carbocycles. The monoisotopic (exact) mass is 309 g/mol. The van der Waals surface area contributed by atoms with Crippen molar-refractivity contribution in [2.75, 3.05) is 6.54 Å². The Labute approximate surface area is 114 Å². The first-order chi connectivity index (χ1) is 8.74. The Hall–Kier alpha value is -1.33. The van der Waals surface area contributed by atoms with E-state index in [1.807, 2.05) is 6.92 Å². The van der Waals surface area contributed by atoms with Crippen LogP contribution in [0.3, 0.4) is 0 Å². The number of benzene rings is 1. The van der Waals surface area contributed by atoms with Gasteiger partial charge >= 0.3 is 0 Å². The molecule has 1 aromatic heterocycles. The molecule has 0 saturated carbocycles. The molecule has 0 saturated heterocycles. The molecule has 18 heavy (non-hydrogen) atoms. The van der Waals surface area contributed by atoms with Gasteiger partial charge in [0, 0.05) is 18.0 Å². The van der Waals surface area contributed by atoms with Crippen LogP contribution in [0.1, 0.15) is 24.4 Å². The third kappa shape index (κ3) is 2.73. The van der Waals surface area contributed by atoms with Crippen LogP contribution in [0.4, 0.5) is 4.39 Å². The van der Waals surface area contributed by atoms with Crippen molar-refractivity contribution in [2.45, 2.75) is 13.0 Å². The standard InChI is InChI=1S/C13H13BrFN3/c1-2-16-12(13-17-7-4-8-18-13)9-5-3-6-10(14)11(9)15/h3-8,12,16H,2H2,1H3. The summed E-state index contributed by atoms with van der Waals surface area (Å²) < 4.78 is 14.6. The largest absolute Gasteiger partial charge is 0.304 e. The highest BCUT2D eigenvalue weighted by Gasteiger charge is 2.20. The van der Waals surface area contributed by atoms with E-state index in [0.717, 1.165) is 0 Å². The highest BCUT2D eigenvalue weighted by Crippen LogP contribution is 2.26. The number of rotatable bonds is 4. The summed E-state index contributed by atoms with van der Waals surface area (Å²) in [6.07, 6.45) is 3.31. The molecule has 0 bridgehead atoms. The zero-order chi connectivity index (χ0) is 13.0. The Morgan fingerprint density at radius 1 is 1.28 bits per heavy atom. The van der Waals surface area contributed by atoms with E-state index in [0.29, 0.717) is 22.4 Å². The van der Waals surface area contributed by atoms with Crippen LogP contribution in [-0.2, 0) is 0 Å². The fourth-order valence-electron chi connectivity index (χ4n) is 1.75. The third-order valence-electron chi connectivity index (χ3n) is 2.54. The van der Waals surface area contributed by atoms with E-state index in [-0.39, 0.29) is 11.9 Å². The average molecular weight is 310 g/mol. The molecular formula is C13H13BrFN3. The van der Waals surface area contributed by atoms with E-state index in [1.54, 1.807) is 36.7 Å². The fraction of sp³-hybridized carbons (Fsp3) is 0.231. The molecule has 3 nitrogen and oxygen atoms in total. The second-order valence-corrected chi connectivity index (χ2v) is 4.60. The highest BCUT2D eigenvalue weighted by atomic mass is 79.9. The second kappa shape index (κ2) is 6.02. The molecule has 2 aromatic rings. The summed E-state index contributed by atoms with van der Waals surface area (Å²) in [5.74, 6) is 0.284. The molecule has 0 aliphatic rings. The van der Waals surface area contributed by atoms with E-state index in [4.69, 9.17) is 0 Å². The van der Waals surface area contributed by atoms with Gasteiger partial charge in [-0.25, -0.2) is 14.4 Å². The molecule has 5 heteroatoms. The van der Waals surface area contributed by atoms with Crippen LogP contribution in [-0.4, -0.2) is 16.5 Å². The van der Waals surface area contributed by atoms with Crippen LogP contribution < -0.4 is 5.32 Å². The average Bonchev–Trinajstić information content (AvgIpc) is 2.41. The van der Waals surface area contributed by atoms with Crippen molar-refractivity contribution in [1.82, 2.24) is 15.3 Å². The molecule has 2 rings (SSSR count). The summed E-state index contributed by atoms with van der Waals surface area (Å²) in [5.41, 5.74) is 0.539. The minimum absolute atomic E-state index is 0.282. The number of halogens is 2. The molecule has 1 heterocycles. The van der Waals surface area contributed by atoms with Crippen molar-refractivity contribution in [3.63, 3.8) is 0 Å². The maximum atomic E-state index is 14.1. The maximum absolute atomic E-state index is 14.1. The quantitative estimate of drug-likeness (QED) is 0.943. The predicted octanol–water partition coefficient (Wildman–Crippen LogP) is 3.08. The number of aromatic nitrogens is 2. The molecule has 1 aromatic carbocycles. The summed E-state index contributed by atoms with van der Waals surface area (Å²) >= 11 is 3.19. The SMILES string of the molecule is CCNC(c1ncccn1)c1cccc(Br)c1F. The molecule has 1 N–H and O–H groups in total. The normalized spacial score (nSPS) is 12.4. The lowest BCUT2D eigenvalue weighted by Crippen LogP contribution is -2.25. The van der Waals surface area contributed by atoms with Gasteiger partial charge in [0.15, 0.2) is 0 Å². The Morgan fingerprint density at radius 2 is 2.00 bits per heavy atom. The Balaban J connectivity index is 2.45. The maximum Gasteiger partial charge on any atom is 0.149 e. The van der Waals surface area contributed by atoms with Crippen molar-refractivity contribution < 1.29 is 4.39 Å². The van der Waals surface area contributed by atoms with Gasteiger partial charge in [0.2, 0.25) is 0 Å². The van der Waals surface area contributed by atoms with Gasteiger partial charge < -0.3 is 5.32 Å². The zero-order valence-electron chi connectivity index (χ0n) is 9.90. The first-order valence-electron chi connectivity index (χ1n) is 5.68. The van der Waals surface area contributed by atoms with Gasteiger partial charge in [-0.3, -0.25) is 0 Å². The van der Waals surface area contributed by atoms with Crippen LogP contribution >= 0.6 is 15.9 Å². The van der Waals surface area contributed by atoms with E-state index in [9.17, 15) is 4.39 Å². The molecule has 0 amide bonds. The van der Waals surface area contributed by atoms with Crippen molar-refractivity contribution in [1.29, 1.82) is 0 Å². The minimum atomic E-state index is -0.339. The van der Waals surface area contributed by atoms with Crippen LogP contribution in [0, 0.1) is 5.82 Å². The van der Waals surface area contributed by atoms with Crippen LogP contribution in [0.25, 0.3) is 0 Å². The van der Waals surface area contributed by atoms with Gasteiger partial charge in [-0.1, -0.05) is 19.1 Å². The lowest BCUT2D eigenvalue weighted by atomic mass is 10.1. The van der Waals surface area contributed by atoms with Gasteiger partial charge in [-0.15, -0.1) is 0 Å². The number of nitrogens with one attached hydrogen (secondary N) is 1. The van der Waals surface area contributed by atoms with E-state index < -0.39 is 0 Å². The van der Waals surface area contributed by atoms with Crippen LogP contribution in [0.5, 0.6) is 0 Å². The van der Waals surface area contributed by atoms with Crippen molar-refractivity contribution in [3.8, 4) is 0 Å².